The minimum absolute atomic E-state index is 0.292. The maximum Gasteiger partial charge on any atom is 0.145 e. The van der Waals surface area contributed by atoms with Crippen LogP contribution in [0.4, 0.5) is 0 Å². The molecule has 0 radical (unpaired) electrons. The number of epoxide rings is 2. The minimum atomic E-state index is 0.292. The summed E-state index contributed by atoms with van der Waals surface area (Å²) in [5.41, 5.74) is 0.292. The highest BCUT2D eigenvalue weighted by Crippen LogP contribution is 2.34. The molecule has 0 aliphatic carbocycles. The van der Waals surface area contributed by atoms with Gasteiger partial charge in [0.15, 0.2) is 0 Å². The van der Waals surface area contributed by atoms with Crippen molar-refractivity contribution in [2.45, 2.75) is 51.2 Å². The minimum Gasteiger partial charge on any atom is -0.427 e. The Kier molecular flexibility index (Phi) is 8.35. The van der Waals surface area contributed by atoms with Gasteiger partial charge >= 0.3 is 0 Å². The van der Waals surface area contributed by atoms with E-state index in [1.165, 1.54) is 12.8 Å². The fourth-order valence-electron chi connectivity index (χ4n) is 2.89. The summed E-state index contributed by atoms with van der Waals surface area (Å²) < 4.78 is 27.2. The van der Waals surface area contributed by atoms with E-state index in [1.54, 1.807) is 0 Å². The third-order valence-corrected chi connectivity index (χ3v) is 4.89. The number of ether oxygens (including phenoxy) is 4. The zero-order valence-corrected chi connectivity index (χ0v) is 16.2. The molecule has 2 fully saturated rings. The Hall–Kier alpha value is 0.0169. The van der Waals surface area contributed by atoms with Crippen molar-refractivity contribution in [2.24, 2.45) is 5.41 Å². The maximum absolute atomic E-state index is 5.66. The van der Waals surface area contributed by atoms with E-state index in [-0.39, 0.29) is 0 Å². The van der Waals surface area contributed by atoms with Crippen LogP contribution in [0.1, 0.15) is 39.0 Å². The summed E-state index contributed by atoms with van der Waals surface area (Å²) in [7, 11) is 0.811. The van der Waals surface area contributed by atoms with E-state index in [0.717, 1.165) is 76.0 Å². The summed E-state index contributed by atoms with van der Waals surface area (Å²) in [6.45, 7) is 8.08. The molecule has 0 spiro atoms. The predicted molar refractivity (Wildman–Crippen MR) is 88.2 cm³/mol. The third kappa shape index (κ3) is 7.52. The Morgan fingerprint density at radius 2 is 1.50 bits per heavy atom. The number of hydrogen-bond acceptors (Lipinski definition) is 5. The van der Waals surface area contributed by atoms with Crippen molar-refractivity contribution in [3.8, 4) is 0 Å². The zero-order chi connectivity index (χ0) is 15.7. The van der Waals surface area contributed by atoms with Crippen molar-refractivity contribution in [1.82, 2.24) is 0 Å². The average molecular weight is 333 g/mol. The molecule has 2 heterocycles. The van der Waals surface area contributed by atoms with Crippen LogP contribution in [-0.2, 0) is 23.4 Å². The smallest absolute Gasteiger partial charge is 0.145 e. The lowest BCUT2D eigenvalue weighted by atomic mass is 9.77. The normalized spacial score (nSPS) is 26.0. The van der Waals surface area contributed by atoms with Gasteiger partial charge in [0, 0.05) is 19.8 Å². The largest absolute Gasteiger partial charge is 0.427 e. The molecule has 2 saturated heterocycles. The Bertz CT molecular complexity index is 272. The summed E-state index contributed by atoms with van der Waals surface area (Å²) in [5, 5.41) is 0. The molecule has 2 rings (SSSR count). The lowest BCUT2D eigenvalue weighted by molar-refractivity contribution is 0.0647. The van der Waals surface area contributed by atoms with Gasteiger partial charge in [-0.3, -0.25) is 0 Å². The standard InChI is InChI=1S/C16H32O5Si/c1-2-16(13-21-22,5-3-7-17-9-14-11-19-14)6-4-8-18-10-15-12-20-15/h14-15H,2-13H2,1,22H3. The van der Waals surface area contributed by atoms with Gasteiger partial charge in [0.2, 0.25) is 0 Å². The summed E-state index contributed by atoms with van der Waals surface area (Å²) in [4.78, 5) is 0. The molecule has 2 atom stereocenters. The van der Waals surface area contributed by atoms with Gasteiger partial charge in [0.05, 0.1) is 26.4 Å². The van der Waals surface area contributed by atoms with Crippen molar-refractivity contribution in [1.29, 1.82) is 0 Å². The van der Waals surface area contributed by atoms with Gasteiger partial charge in [-0.1, -0.05) is 6.92 Å². The average Bonchev–Trinajstić information content (AvgIpc) is 3.40. The van der Waals surface area contributed by atoms with Crippen LogP contribution in [0.15, 0.2) is 0 Å². The zero-order valence-electron chi connectivity index (χ0n) is 14.2. The van der Waals surface area contributed by atoms with Crippen LogP contribution < -0.4 is 0 Å². The van der Waals surface area contributed by atoms with Gasteiger partial charge in [0.25, 0.3) is 0 Å². The van der Waals surface area contributed by atoms with E-state index >= 15 is 0 Å². The van der Waals surface area contributed by atoms with Gasteiger partial charge in [-0.2, -0.15) is 0 Å². The SMILES string of the molecule is CCC(CCCOCC1CO1)(CCCOCC1CO1)CO[SiH3]. The summed E-state index contributed by atoms with van der Waals surface area (Å²) in [6, 6.07) is 0. The van der Waals surface area contributed by atoms with Gasteiger partial charge in [-0.15, -0.1) is 0 Å². The molecule has 0 N–H and O–H groups in total. The van der Waals surface area contributed by atoms with E-state index in [9.17, 15) is 0 Å². The fraction of sp³-hybridized carbons (Fsp3) is 1.00. The van der Waals surface area contributed by atoms with E-state index in [2.05, 4.69) is 6.92 Å². The van der Waals surface area contributed by atoms with Crippen LogP contribution in [-0.4, -0.2) is 68.9 Å². The second-order valence-corrected chi connectivity index (χ2v) is 7.13. The predicted octanol–water partition coefficient (Wildman–Crippen LogP) is 1.07. The Morgan fingerprint density at radius 1 is 1.00 bits per heavy atom. The quantitative estimate of drug-likeness (QED) is 0.255. The van der Waals surface area contributed by atoms with Crippen molar-refractivity contribution in [2.75, 3.05) is 46.2 Å². The lowest BCUT2D eigenvalue weighted by Crippen LogP contribution is -2.27. The Labute approximate surface area is 137 Å². The molecule has 2 unspecified atom stereocenters. The fourth-order valence-corrected chi connectivity index (χ4v) is 3.50. The first-order chi connectivity index (χ1) is 10.8. The van der Waals surface area contributed by atoms with Crippen molar-refractivity contribution in [3.05, 3.63) is 0 Å². The molecule has 130 valence electrons. The molecule has 0 aromatic rings. The molecular weight excluding hydrogens is 300 g/mol. The van der Waals surface area contributed by atoms with Crippen LogP contribution in [0.25, 0.3) is 0 Å². The monoisotopic (exact) mass is 332 g/mol. The van der Waals surface area contributed by atoms with Crippen LogP contribution in [0.2, 0.25) is 0 Å². The van der Waals surface area contributed by atoms with Crippen molar-refractivity contribution >= 4 is 10.5 Å². The first-order valence-corrected chi connectivity index (χ1v) is 9.47. The topological polar surface area (TPSA) is 52.8 Å². The number of rotatable bonds is 15. The highest BCUT2D eigenvalue weighted by Gasteiger charge is 2.28. The maximum atomic E-state index is 5.66. The first kappa shape index (κ1) is 18.4. The third-order valence-electron chi connectivity index (χ3n) is 4.60. The van der Waals surface area contributed by atoms with Crippen LogP contribution in [0.5, 0.6) is 0 Å². The lowest BCUT2D eigenvalue weighted by Gasteiger charge is -2.32. The summed E-state index contributed by atoms with van der Waals surface area (Å²) in [6.07, 6.45) is 6.44. The molecule has 0 aromatic carbocycles. The Morgan fingerprint density at radius 3 is 1.86 bits per heavy atom. The molecule has 0 amide bonds. The molecule has 5 nitrogen and oxygen atoms in total. The van der Waals surface area contributed by atoms with Gasteiger partial charge in [-0.25, -0.2) is 0 Å². The van der Waals surface area contributed by atoms with E-state index in [4.69, 9.17) is 23.4 Å². The first-order valence-electron chi connectivity index (χ1n) is 8.65. The summed E-state index contributed by atoms with van der Waals surface area (Å²) >= 11 is 0. The second kappa shape index (κ2) is 10.0. The molecule has 0 aromatic heterocycles. The van der Waals surface area contributed by atoms with E-state index in [1.807, 2.05) is 0 Å². The van der Waals surface area contributed by atoms with Gasteiger partial charge in [-0.05, 0) is 37.5 Å². The molecule has 2 aliphatic heterocycles. The van der Waals surface area contributed by atoms with Gasteiger partial charge < -0.3 is 23.4 Å². The van der Waals surface area contributed by atoms with Crippen LogP contribution in [0, 0.1) is 5.41 Å². The molecule has 0 bridgehead atoms. The van der Waals surface area contributed by atoms with E-state index < -0.39 is 0 Å². The second-order valence-electron chi connectivity index (χ2n) is 6.55. The number of hydrogen-bond donors (Lipinski definition) is 0. The van der Waals surface area contributed by atoms with Crippen LogP contribution in [0.3, 0.4) is 0 Å². The Balaban J connectivity index is 1.57. The molecule has 6 heteroatoms. The van der Waals surface area contributed by atoms with Crippen molar-refractivity contribution < 1.29 is 23.4 Å². The van der Waals surface area contributed by atoms with Gasteiger partial charge in [0.1, 0.15) is 22.7 Å². The van der Waals surface area contributed by atoms with E-state index in [0.29, 0.717) is 17.6 Å². The highest BCUT2D eigenvalue weighted by atomic mass is 28.2. The highest BCUT2D eigenvalue weighted by molar-refractivity contribution is 5.97. The van der Waals surface area contributed by atoms with Crippen molar-refractivity contribution in [3.63, 3.8) is 0 Å². The molecule has 22 heavy (non-hydrogen) atoms. The van der Waals surface area contributed by atoms with Crippen LogP contribution >= 0.6 is 0 Å². The molecule has 0 saturated carbocycles. The molecular formula is C16H32O5Si. The molecule has 2 aliphatic rings. The summed E-state index contributed by atoms with van der Waals surface area (Å²) in [5.74, 6) is 0.